The number of nitrogens with one attached hydrogen (secondary N) is 1. The van der Waals surface area contributed by atoms with Gasteiger partial charge in [-0.1, -0.05) is 12.1 Å². The van der Waals surface area contributed by atoms with E-state index in [0.717, 1.165) is 6.07 Å². The Balaban J connectivity index is 1.46. The zero-order valence-corrected chi connectivity index (χ0v) is 15.2. The SMILES string of the molecule is O=C(CCCc1nc2ccccc2c(=O)[nH]1)N1CCCc2cc(F)cc(F)c21. The Morgan fingerprint density at radius 3 is 2.89 bits per heavy atom. The predicted octanol–water partition coefficient (Wildman–Crippen LogP) is 3.50. The van der Waals surface area contributed by atoms with Crippen molar-refractivity contribution in [3.63, 3.8) is 0 Å². The highest BCUT2D eigenvalue weighted by molar-refractivity contribution is 5.94. The van der Waals surface area contributed by atoms with Crippen LogP contribution in [0.15, 0.2) is 41.2 Å². The standard InChI is InChI=1S/C21H19F2N3O2/c22-14-11-13-5-4-10-26(20(13)16(23)12-14)19(27)9-3-8-18-24-17-7-2-1-6-15(17)21(28)25-18/h1-2,6-7,11-12H,3-5,8-10H2,(H,24,25,28). The summed E-state index contributed by atoms with van der Waals surface area (Å²) in [4.78, 5) is 33.3. The zero-order chi connectivity index (χ0) is 19.7. The fraction of sp³-hybridized carbons (Fsp3) is 0.286. The quantitative estimate of drug-likeness (QED) is 0.750. The average molecular weight is 383 g/mol. The molecule has 7 heteroatoms. The van der Waals surface area contributed by atoms with Crippen molar-refractivity contribution in [1.82, 2.24) is 9.97 Å². The Kier molecular flexibility index (Phi) is 4.90. The molecule has 0 aliphatic carbocycles. The summed E-state index contributed by atoms with van der Waals surface area (Å²) >= 11 is 0. The van der Waals surface area contributed by atoms with Gasteiger partial charge in [0, 0.05) is 25.5 Å². The average Bonchev–Trinajstić information content (AvgIpc) is 2.67. The van der Waals surface area contributed by atoms with Gasteiger partial charge < -0.3 is 9.88 Å². The molecule has 5 nitrogen and oxygen atoms in total. The Labute approximate surface area is 160 Å². The molecule has 3 aromatic rings. The minimum Gasteiger partial charge on any atom is -0.310 e. The lowest BCUT2D eigenvalue weighted by molar-refractivity contribution is -0.118. The van der Waals surface area contributed by atoms with Gasteiger partial charge in [-0.25, -0.2) is 13.8 Å². The lowest BCUT2D eigenvalue weighted by atomic mass is 10.0. The van der Waals surface area contributed by atoms with E-state index in [1.807, 2.05) is 6.07 Å². The fourth-order valence-corrected chi connectivity index (χ4v) is 3.70. The monoisotopic (exact) mass is 383 g/mol. The Hall–Kier alpha value is -3.09. The van der Waals surface area contributed by atoms with Crippen LogP contribution < -0.4 is 10.5 Å². The topological polar surface area (TPSA) is 66.1 Å². The molecule has 0 fully saturated rings. The summed E-state index contributed by atoms with van der Waals surface area (Å²) in [5.41, 5.74) is 1.12. The summed E-state index contributed by atoms with van der Waals surface area (Å²) in [5.74, 6) is -1.03. The van der Waals surface area contributed by atoms with Gasteiger partial charge in [0.15, 0.2) is 0 Å². The highest BCUT2D eigenvalue weighted by Crippen LogP contribution is 2.31. The number of aryl methyl sites for hydroxylation is 2. The number of carbonyl (C=O) groups excluding carboxylic acids is 1. The number of carbonyl (C=O) groups is 1. The maximum absolute atomic E-state index is 14.2. The predicted molar refractivity (Wildman–Crippen MR) is 102 cm³/mol. The van der Waals surface area contributed by atoms with Crippen LogP contribution in [-0.2, 0) is 17.6 Å². The van der Waals surface area contributed by atoms with E-state index in [2.05, 4.69) is 9.97 Å². The zero-order valence-electron chi connectivity index (χ0n) is 15.2. The molecule has 1 aromatic heterocycles. The van der Waals surface area contributed by atoms with Crippen LogP contribution in [0.2, 0.25) is 0 Å². The summed E-state index contributed by atoms with van der Waals surface area (Å²) < 4.78 is 27.7. The Bertz CT molecular complexity index is 1110. The molecule has 4 rings (SSSR count). The molecule has 1 N–H and O–H groups in total. The van der Waals surface area contributed by atoms with Crippen molar-refractivity contribution in [2.24, 2.45) is 0 Å². The Morgan fingerprint density at radius 2 is 2.04 bits per heavy atom. The molecule has 0 unspecified atom stereocenters. The number of para-hydroxylation sites is 1. The molecular weight excluding hydrogens is 364 g/mol. The molecule has 0 spiro atoms. The second-order valence-corrected chi connectivity index (χ2v) is 6.93. The van der Waals surface area contributed by atoms with E-state index >= 15 is 0 Å². The van der Waals surface area contributed by atoms with Crippen molar-refractivity contribution < 1.29 is 13.6 Å². The molecule has 144 valence electrons. The number of hydrogen-bond donors (Lipinski definition) is 1. The molecule has 0 bridgehead atoms. The van der Waals surface area contributed by atoms with E-state index in [-0.39, 0.29) is 23.6 Å². The van der Waals surface area contributed by atoms with E-state index < -0.39 is 11.6 Å². The highest BCUT2D eigenvalue weighted by atomic mass is 19.1. The van der Waals surface area contributed by atoms with Gasteiger partial charge in [0.25, 0.3) is 5.56 Å². The molecule has 2 heterocycles. The van der Waals surface area contributed by atoms with Gasteiger partial charge in [0.2, 0.25) is 5.91 Å². The molecule has 2 aromatic carbocycles. The van der Waals surface area contributed by atoms with Crippen LogP contribution in [0.5, 0.6) is 0 Å². The number of fused-ring (bicyclic) bond motifs is 2. The number of rotatable bonds is 4. The minimum atomic E-state index is -0.705. The Morgan fingerprint density at radius 1 is 1.21 bits per heavy atom. The number of aromatic amines is 1. The van der Waals surface area contributed by atoms with Gasteiger partial charge in [-0.15, -0.1) is 0 Å². The smallest absolute Gasteiger partial charge is 0.258 e. The van der Waals surface area contributed by atoms with Crippen molar-refractivity contribution in [2.75, 3.05) is 11.4 Å². The first-order valence-corrected chi connectivity index (χ1v) is 9.29. The first kappa shape index (κ1) is 18.3. The third kappa shape index (κ3) is 3.52. The number of hydrogen-bond acceptors (Lipinski definition) is 3. The van der Waals surface area contributed by atoms with Gasteiger partial charge in [-0.2, -0.15) is 0 Å². The maximum Gasteiger partial charge on any atom is 0.258 e. The van der Waals surface area contributed by atoms with Crippen LogP contribution in [0.25, 0.3) is 10.9 Å². The lowest BCUT2D eigenvalue weighted by Gasteiger charge is -2.30. The van der Waals surface area contributed by atoms with E-state index in [0.29, 0.717) is 54.5 Å². The summed E-state index contributed by atoms with van der Waals surface area (Å²) in [7, 11) is 0. The van der Waals surface area contributed by atoms with E-state index in [4.69, 9.17) is 0 Å². The molecule has 0 atom stereocenters. The number of anilines is 1. The van der Waals surface area contributed by atoms with E-state index in [9.17, 15) is 18.4 Å². The second kappa shape index (κ2) is 7.50. The molecule has 0 radical (unpaired) electrons. The summed E-state index contributed by atoms with van der Waals surface area (Å²) in [6.07, 6.45) is 2.30. The van der Waals surface area contributed by atoms with Crippen molar-refractivity contribution in [3.05, 3.63) is 69.8 Å². The van der Waals surface area contributed by atoms with Crippen LogP contribution in [0.4, 0.5) is 14.5 Å². The normalized spacial score (nSPS) is 13.6. The summed E-state index contributed by atoms with van der Waals surface area (Å²) in [6, 6.07) is 9.17. The van der Waals surface area contributed by atoms with Gasteiger partial charge in [0.1, 0.15) is 17.5 Å². The molecule has 28 heavy (non-hydrogen) atoms. The van der Waals surface area contributed by atoms with Gasteiger partial charge in [-0.05, 0) is 43.0 Å². The van der Waals surface area contributed by atoms with Crippen LogP contribution in [-0.4, -0.2) is 22.4 Å². The minimum absolute atomic E-state index is 0.187. The third-order valence-electron chi connectivity index (χ3n) is 4.97. The second-order valence-electron chi connectivity index (χ2n) is 6.93. The van der Waals surface area contributed by atoms with Gasteiger partial charge in [0.05, 0.1) is 16.6 Å². The number of aromatic nitrogens is 2. The van der Waals surface area contributed by atoms with Crippen molar-refractivity contribution in [1.29, 1.82) is 0 Å². The highest BCUT2D eigenvalue weighted by Gasteiger charge is 2.26. The van der Waals surface area contributed by atoms with Crippen LogP contribution in [0.3, 0.4) is 0 Å². The number of nitrogens with zero attached hydrogens (tertiary/aromatic N) is 2. The van der Waals surface area contributed by atoms with Crippen LogP contribution in [0, 0.1) is 11.6 Å². The van der Waals surface area contributed by atoms with Crippen molar-refractivity contribution in [2.45, 2.75) is 32.1 Å². The van der Waals surface area contributed by atoms with Crippen molar-refractivity contribution >= 4 is 22.5 Å². The number of H-pyrrole nitrogens is 1. The maximum atomic E-state index is 14.2. The van der Waals surface area contributed by atoms with E-state index in [1.54, 1.807) is 18.2 Å². The molecule has 0 saturated carbocycles. The molecule has 1 amide bonds. The molecule has 1 aliphatic heterocycles. The molecule has 0 saturated heterocycles. The van der Waals surface area contributed by atoms with Crippen LogP contribution in [0.1, 0.15) is 30.7 Å². The van der Waals surface area contributed by atoms with Gasteiger partial charge >= 0.3 is 0 Å². The number of amides is 1. The number of benzene rings is 2. The summed E-state index contributed by atoms with van der Waals surface area (Å²) in [6.45, 7) is 0.416. The lowest BCUT2D eigenvalue weighted by Crippen LogP contribution is -2.36. The van der Waals surface area contributed by atoms with E-state index in [1.165, 1.54) is 11.0 Å². The molecular formula is C21H19F2N3O2. The van der Waals surface area contributed by atoms with Crippen LogP contribution >= 0.6 is 0 Å². The van der Waals surface area contributed by atoms with Gasteiger partial charge in [-0.3, -0.25) is 9.59 Å². The fourth-order valence-electron chi connectivity index (χ4n) is 3.70. The molecule has 1 aliphatic rings. The first-order chi connectivity index (χ1) is 13.5. The largest absolute Gasteiger partial charge is 0.310 e. The van der Waals surface area contributed by atoms with Crippen molar-refractivity contribution in [3.8, 4) is 0 Å². The first-order valence-electron chi connectivity index (χ1n) is 9.29. The summed E-state index contributed by atoms with van der Waals surface area (Å²) in [5, 5.41) is 0.523. The third-order valence-corrected chi connectivity index (χ3v) is 4.97. The number of halogens is 2.